The second-order valence-corrected chi connectivity index (χ2v) is 6.67. The summed E-state index contributed by atoms with van der Waals surface area (Å²) in [5.41, 5.74) is -4.17. The normalized spacial score (nSPS) is 12.5. The Bertz CT molecular complexity index is 840. The van der Waals surface area contributed by atoms with E-state index in [-0.39, 0.29) is 24.1 Å². The first kappa shape index (κ1) is 24.0. The highest BCUT2D eigenvalue weighted by Gasteiger charge is 2.61. The molecule has 0 spiro atoms. The summed E-state index contributed by atoms with van der Waals surface area (Å²) >= 11 is 0. The predicted molar refractivity (Wildman–Crippen MR) is 89.8 cm³/mol. The number of unbranched alkanes of at least 4 members (excludes halogenated alkanes) is 3. The molecule has 0 bridgehead atoms. The summed E-state index contributed by atoms with van der Waals surface area (Å²) in [6, 6.07) is 1.80. The van der Waals surface area contributed by atoms with Crippen molar-refractivity contribution >= 4 is 0 Å². The number of alkyl halides is 6. The van der Waals surface area contributed by atoms with Gasteiger partial charge >= 0.3 is 12.1 Å². The van der Waals surface area contributed by atoms with Crippen LogP contribution in [0.25, 0.3) is 11.1 Å². The first-order chi connectivity index (χ1) is 13.9. The summed E-state index contributed by atoms with van der Waals surface area (Å²) in [5, 5.41) is 0. The van der Waals surface area contributed by atoms with Crippen LogP contribution in [0.1, 0.15) is 36.8 Å². The summed E-state index contributed by atoms with van der Waals surface area (Å²) in [5.74, 6) is -12.9. The third kappa shape index (κ3) is 5.07. The van der Waals surface area contributed by atoms with Crippen LogP contribution in [-0.2, 0) is 12.3 Å². The lowest BCUT2D eigenvalue weighted by Crippen LogP contribution is -2.35. The van der Waals surface area contributed by atoms with Crippen LogP contribution < -0.4 is 0 Å². The van der Waals surface area contributed by atoms with Gasteiger partial charge < -0.3 is 0 Å². The molecule has 0 saturated carbocycles. The highest BCUT2D eigenvalue weighted by molar-refractivity contribution is 5.66. The zero-order valence-electron chi connectivity index (χ0n) is 15.3. The van der Waals surface area contributed by atoms with Gasteiger partial charge in [-0.2, -0.15) is 22.0 Å². The number of aryl methyl sites for hydroxylation is 1. The smallest absolute Gasteiger partial charge is 0.251 e. The molecule has 0 aromatic heterocycles. The molecule has 0 fully saturated rings. The van der Waals surface area contributed by atoms with Gasteiger partial charge in [0.1, 0.15) is 28.8 Å². The van der Waals surface area contributed by atoms with Gasteiger partial charge in [0.05, 0.1) is 12.2 Å². The van der Waals surface area contributed by atoms with Gasteiger partial charge in [0, 0.05) is 0 Å². The highest BCUT2D eigenvalue weighted by Crippen LogP contribution is 2.46. The van der Waals surface area contributed by atoms with Crippen molar-refractivity contribution in [3.05, 3.63) is 58.7 Å². The quantitative estimate of drug-likeness (QED) is 0.289. The van der Waals surface area contributed by atoms with Gasteiger partial charge in [-0.1, -0.05) is 12.8 Å². The van der Waals surface area contributed by atoms with Crippen LogP contribution in [0.4, 0.5) is 43.9 Å². The molecule has 0 heterocycles. The Morgan fingerprint density at radius 2 is 1.13 bits per heavy atom. The second kappa shape index (κ2) is 9.26. The number of hydrogen-bond acceptors (Lipinski definition) is 0. The number of rotatable bonds is 8. The molecule has 2 aromatic rings. The maximum Gasteiger partial charge on any atom is 0.458 e. The molecule has 0 aliphatic heterocycles. The Morgan fingerprint density at radius 3 is 1.60 bits per heavy atom. The number of hydrogen-bond donors (Lipinski definition) is 0. The van der Waals surface area contributed by atoms with Crippen molar-refractivity contribution in [2.24, 2.45) is 0 Å². The average Bonchev–Trinajstić information content (AvgIpc) is 2.59. The van der Waals surface area contributed by atoms with E-state index in [2.05, 4.69) is 0 Å². The molecule has 2 rings (SSSR count). The molecule has 10 heteroatoms. The molecule has 0 unspecified atom stereocenters. The van der Waals surface area contributed by atoms with E-state index in [1.807, 2.05) is 0 Å². The van der Waals surface area contributed by atoms with E-state index in [4.69, 9.17) is 0 Å². The summed E-state index contributed by atoms with van der Waals surface area (Å²) < 4.78 is 133. The molecule has 2 aromatic carbocycles. The molecule has 0 N–H and O–H groups in total. The van der Waals surface area contributed by atoms with Gasteiger partial charge in [-0.15, -0.1) is 0 Å². The SMILES string of the molecule is FCCCCCCc1cc(F)c(-c2cc(F)c(C(F)(F)C(F)(F)F)c(F)c2)c(F)c1. The molecule has 0 aliphatic rings. The maximum absolute atomic E-state index is 14.4. The number of halogens is 10. The number of benzene rings is 2. The summed E-state index contributed by atoms with van der Waals surface area (Å²) in [7, 11) is 0. The minimum Gasteiger partial charge on any atom is -0.251 e. The third-order valence-corrected chi connectivity index (χ3v) is 4.45. The van der Waals surface area contributed by atoms with Crippen LogP contribution in [-0.4, -0.2) is 12.9 Å². The summed E-state index contributed by atoms with van der Waals surface area (Å²) in [6.45, 7) is -0.473. The van der Waals surface area contributed by atoms with E-state index in [1.165, 1.54) is 0 Å². The van der Waals surface area contributed by atoms with Crippen LogP contribution >= 0.6 is 0 Å². The second-order valence-electron chi connectivity index (χ2n) is 6.67. The Morgan fingerprint density at radius 1 is 0.633 bits per heavy atom. The van der Waals surface area contributed by atoms with Gasteiger partial charge in [0.2, 0.25) is 0 Å². The molecule has 0 aliphatic carbocycles. The molecular weight excluding hydrogens is 430 g/mol. The van der Waals surface area contributed by atoms with E-state index < -0.39 is 58.7 Å². The Kier molecular flexibility index (Phi) is 7.41. The molecule has 30 heavy (non-hydrogen) atoms. The van der Waals surface area contributed by atoms with Crippen LogP contribution in [0.15, 0.2) is 24.3 Å². The van der Waals surface area contributed by atoms with Crippen LogP contribution in [0.5, 0.6) is 0 Å². The Balaban J connectivity index is 2.36. The Labute approximate surface area is 165 Å². The monoisotopic (exact) mass is 446 g/mol. The zero-order chi connectivity index (χ0) is 22.7. The van der Waals surface area contributed by atoms with Crippen molar-refractivity contribution in [3.8, 4) is 11.1 Å². The lowest BCUT2D eigenvalue weighted by Gasteiger charge is -2.21. The largest absolute Gasteiger partial charge is 0.458 e. The first-order valence-corrected chi connectivity index (χ1v) is 8.88. The van der Waals surface area contributed by atoms with E-state index in [0.717, 1.165) is 12.1 Å². The molecule has 0 amide bonds. The zero-order valence-corrected chi connectivity index (χ0v) is 15.3. The topological polar surface area (TPSA) is 0 Å². The Hall–Kier alpha value is -2.26. The minimum absolute atomic E-state index is 0.0240. The molecular formula is C20H16F10. The van der Waals surface area contributed by atoms with Crippen molar-refractivity contribution in [1.29, 1.82) is 0 Å². The van der Waals surface area contributed by atoms with E-state index in [0.29, 0.717) is 25.7 Å². The third-order valence-electron chi connectivity index (χ3n) is 4.45. The summed E-state index contributed by atoms with van der Waals surface area (Å²) in [4.78, 5) is 0. The molecule has 0 atom stereocenters. The van der Waals surface area contributed by atoms with Gasteiger partial charge in [-0.3, -0.25) is 4.39 Å². The van der Waals surface area contributed by atoms with Gasteiger partial charge in [-0.05, 0) is 54.7 Å². The van der Waals surface area contributed by atoms with Crippen molar-refractivity contribution in [1.82, 2.24) is 0 Å². The molecule has 0 nitrogen and oxygen atoms in total. The van der Waals surface area contributed by atoms with Crippen molar-refractivity contribution in [2.75, 3.05) is 6.67 Å². The average molecular weight is 446 g/mol. The van der Waals surface area contributed by atoms with Crippen LogP contribution in [0.2, 0.25) is 0 Å². The molecule has 166 valence electrons. The van der Waals surface area contributed by atoms with Crippen molar-refractivity contribution in [3.63, 3.8) is 0 Å². The lowest BCUT2D eigenvalue weighted by atomic mass is 9.96. The van der Waals surface area contributed by atoms with Crippen LogP contribution in [0.3, 0.4) is 0 Å². The van der Waals surface area contributed by atoms with Crippen molar-refractivity contribution < 1.29 is 43.9 Å². The van der Waals surface area contributed by atoms with Gasteiger partial charge in [-0.25, -0.2) is 17.6 Å². The molecule has 0 radical (unpaired) electrons. The maximum atomic E-state index is 14.4. The van der Waals surface area contributed by atoms with E-state index in [9.17, 15) is 43.9 Å². The minimum atomic E-state index is -6.27. The van der Waals surface area contributed by atoms with Gasteiger partial charge in [0.15, 0.2) is 0 Å². The van der Waals surface area contributed by atoms with E-state index >= 15 is 0 Å². The predicted octanol–water partition coefficient (Wildman–Crippen LogP) is 7.64. The van der Waals surface area contributed by atoms with Crippen molar-refractivity contribution in [2.45, 2.75) is 44.2 Å². The van der Waals surface area contributed by atoms with Gasteiger partial charge in [0.25, 0.3) is 0 Å². The lowest BCUT2D eigenvalue weighted by molar-refractivity contribution is -0.291. The fraction of sp³-hybridized carbons (Fsp3) is 0.400. The first-order valence-electron chi connectivity index (χ1n) is 8.88. The van der Waals surface area contributed by atoms with E-state index in [1.54, 1.807) is 0 Å². The summed E-state index contributed by atoms with van der Waals surface area (Å²) in [6.07, 6.45) is -3.96. The molecule has 0 saturated heterocycles. The standard InChI is InChI=1S/C20H16F10/c21-6-4-2-1-3-5-11-7-13(22)17(14(23)8-11)12-9-15(24)18(16(25)10-12)19(26,27)20(28,29)30/h7-10H,1-6H2. The van der Waals surface area contributed by atoms with Crippen LogP contribution in [0, 0.1) is 23.3 Å². The fourth-order valence-corrected chi connectivity index (χ4v) is 2.98. The highest BCUT2D eigenvalue weighted by atomic mass is 19.4. The fourth-order valence-electron chi connectivity index (χ4n) is 2.98.